The zero-order valence-corrected chi connectivity index (χ0v) is 13.9. The first-order valence-electron chi connectivity index (χ1n) is 7.26. The molecule has 0 aliphatic carbocycles. The van der Waals surface area contributed by atoms with E-state index in [2.05, 4.69) is 4.99 Å². The molecule has 2 aromatic rings. The van der Waals surface area contributed by atoms with Crippen LogP contribution in [0, 0.1) is 10.1 Å². The molecule has 2 aromatic carbocycles. The van der Waals surface area contributed by atoms with Gasteiger partial charge in [-0.25, -0.2) is 4.99 Å². The minimum Gasteiger partial charge on any atom is -0.403 e. The lowest BCUT2D eigenvalue weighted by atomic mass is 9.99. The van der Waals surface area contributed by atoms with Crippen LogP contribution in [0.5, 0.6) is 0 Å². The van der Waals surface area contributed by atoms with Crippen molar-refractivity contribution in [3.05, 3.63) is 80.6 Å². The van der Waals surface area contributed by atoms with Crippen molar-refractivity contribution in [2.75, 3.05) is 11.9 Å². The fourth-order valence-electron chi connectivity index (χ4n) is 2.60. The number of carbonyl (C=O) groups is 1. The van der Waals surface area contributed by atoms with E-state index >= 15 is 0 Å². The van der Waals surface area contributed by atoms with E-state index in [1.165, 1.54) is 23.1 Å². The van der Waals surface area contributed by atoms with Crippen LogP contribution in [-0.2, 0) is 4.79 Å². The summed E-state index contributed by atoms with van der Waals surface area (Å²) in [6, 6.07) is 11.2. The Morgan fingerprint density at radius 1 is 1.24 bits per heavy atom. The summed E-state index contributed by atoms with van der Waals surface area (Å²) in [5.41, 5.74) is 7.27. The van der Waals surface area contributed by atoms with Crippen molar-refractivity contribution in [2.45, 2.75) is 0 Å². The molecule has 7 nitrogen and oxygen atoms in total. The summed E-state index contributed by atoms with van der Waals surface area (Å²) in [6.07, 6.45) is 1.11. The number of aliphatic imine (C=N–C) groups is 1. The molecule has 1 aliphatic heterocycles. The molecule has 0 saturated heterocycles. The predicted octanol–water partition coefficient (Wildman–Crippen LogP) is 2.86. The van der Waals surface area contributed by atoms with Gasteiger partial charge in [-0.15, -0.1) is 0 Å². The fraction of sp³-hybridized carbons (Fsp3) is 0.0588. The first kappa shape index (κ1) is 16.7. The topological polar surface area (TPSA) is 102 Å². The molecule has 0 atom stereocenters. The Morgan fingerprint density at radius 3 is 2.60 bits per heavy atom. The van der Waals surface area contributed by atoms with Crippen molar-refractivity contribution >= 4 is 34.6 Å². The van der Waals surface area contributed by atoms with Crippen molar-refractivity contribution in [3.8, 4) is 0 Å². The summed E-state index contributed by atoms with van der Waals surface area (Å²) in [4.78, 5) is 28.9. The molecule has 0 aromatic heterocycles. The molecule has 0 unspecified atom stereocenters. The molecule has 0 fully saturated rings. The summed E-state index contributed by atoms with van der Waals surface area (Å²) in [5, 5.41) is 11.6. The number of hydrogen-bond acceptors (Lipinski definition) is 5. The largest absolute Gasteiger partial charge is 0.403 e. The molecular weight excluding hydrogens is 344 g/mol. The van der Waals surface area contributed by atoms with E-state index in [0.717, 1.165) is 6.20 Å². The van der Waals surface area contributed by atoms with Crippen molar-refractivity contribution in [1.82, 2.24) is 0 Å². The molecule has 0 spiro atoms. The minimum atomic E-state index is -0.503. The third kappa shape index (κ3) is 2.85. The summed E-state index contributed by atoms with van der Waals surface area (Å²) >= 11 is 6.28. The van der Waals surface area contributed by atoms with Crippen LogP contribution in [0.25, 0.3) is 0 Å². The third-order valence-corrected chi connectivity index (χ3v) is 4.18. The highest BCUT2D eigenvalue weighted by atomic mass is 35.5. The molecule has 126 valence electrons. The molecule has 1 heterocycles. The lowest BCUT2D eigenvalue weighted by Crippen LogP contribution is -2.27. The summed E-state index contributed by atoms with van der Waals surface area (Å²) in [5.74, 6) is -0.417. The number of amides is 1. The maximum absolute atomic E-state index is 12.5. The van der Waals surface area contributed by atoms with Crippen LogP contribution in [0.3, 0.4) is 0 Å². The number of benzodiazepines with no additional fused rings is 1. The normalized spacial score (nSPS) is 15.6. The second-order valence-electron chi connectivity index (χ2n) is 5.31. The highest BCUT2D eigenvalue weighted by Crippen LogP contribution is 2.33. The number of halogens is 1. The van der Waals surface area contributed by atoms with Crippen LogP contribution < -0.4 is 10.6 Å². The van der Waals surface area contributed by atoms with Gasteiger partial charge in [0.1, 0.15) is 5.70 Å². The van der Waals surface area contributed by atoms with Gasteiger partial charge in [-0.2, -0.15) is 0 Å². The van der Waals surface area contributed by atoms with Crippen LogP contribution in [0.1, 0.15) is 11.1 Å². The van der Waals surface area contributed by atoms with Crippen LogP contribution in [0.4, 0.5) is 11.4 Å². The van der Waals surface area contributed by atoms with Gasteiger partial charge in [0.15, 0.2) is 0 Å². The zero-order valence-electron chi connectivity index (χ0n) is 13.1. The highest BCUT2D eigenvalue weighted by Gasteiger charge is 2.28. The van der Waals surface area contributed by atoms with Gasteiger partial charge in [-0.1, -0.05) is 29.8 Å². The number of non-ortho nitro benzene ring substituents is 1. The molecular formula is C17H13ClN4O3. The van der Waals surface area contributed by atoms with Gasteiger partial charge in [-0.3, -0.25) is 14.9 Å². The van der Waals surface area contributed by atoms with E-state index in [1.807, 2.05) is 0 Å². The number of rotatable bonds is 2. The van der Waals surface area contributed by atoms with E-state index < -0.39 is 10.8 Å². The highest BCUT2D eigenvalue weighted by molar-refractivity contribution is 6.36. The number of anilines is 1. The molecule has 1 amide bonds. The number of nitro groups is 1. The average Bonchev–Trinajstić information content (AvgIpc) is 2.71. The molecule has 8 heteroatoms. The second kappa shape index (κ2) is 6.37. The fourth-order valence-corrected chi connectivity index (χ4v) is 2.82. The molecule has 1 aliphatic rings. The number of fused-ring (bicyclic) bond motifs is 1. The lowest BCUT2D eigenvalue weighted by molar-refractivity contribution is -0.384. The maximum Gasteiger partial charge on any atom is 0.278 e. The average molecular weight is 357 g/mol. The smallest absolute Gasteiger partial charge is 0.278 e. The zero-order chi connectivity index (χ0) is 18.1. The van der Waals surface area contributed by atoms with Gasteiger partial charge in [0.2, 0.25) is 0 Å². The number of carbonyl (C=O) groups excluding carboxylic acids is 1. The monoisotopic (exact) mass is 356 g/mol. The van der Waals surface area contributed by atoms with Gasteiger partial charge < -0.3 is 10.6 Å². The molecule has 2 N–H and O–H groups in total. The number of likely N-dealkylation sites (N-methyl/N-ethyl adjacent to an activating group) is 1. The number of nitro benzene ring substituents is 1. The Kier molecular flexibility index (Phi) is 4.24. The standard InChI is InChI=1S/C17H13ClN4O3/c1-21-15-7-6-10(22(24)25)8-12(15)16(20-14(9-19)17(21)23)11-4-2-3-5-13(11)18/h2-9H,19H2,1H3. The molecule has 3 rings (SSSR count). The van der Waals surface area contributed by atoms with Crippen molar-refractivity contribution in [1.29, 1.82) is 0 Å². The van der Waals surface area contributed by atoms with Crippen LogP contribution in [-0.4, -0.2) is 23.6 Å². The molecule has 0 bridgehead atoms. The van der Waals surface area contributed by atoms with Crippen molar-refractivity contribution in [3.63, 3.8) is 0 Å². The Balaban J connectivity index is 2.37. The summed E-state index contributed by atoms with van der Waals surface area (Å²) in [6.45, 7) is 0. The van der Waals surface area contributed by atoms with Crippen LogP contribution in [0.15, 0.2) is 59.4 Å². The Bertz CT molecular complexity index is 953. The minimum absolute atomic E-state index is 0.0243. The Hall–Kier alpha value is -3.19. The maximum atomic E-state index is 12.5. The first-order valence-corrected chi connectivity index (χ1v) is 7.64. The van der Waals surface area contributed by atoms with Crippen molar-refractivity contribution in [2.24, 2.45) is 10.7 Å². The number of benzene rings is 2. The molecule has 25 heavy (non-hydrogen) atoms. The van der Waals surface area contributed by atoms with E-state index in [9.17, 15) is 14.9 Å². The SMILES string of the molecule is CN1C(=O)C(=CN)N=C(c2ccccc2Cl)c2cc([N+](=O)[O-])ccc21. The van der Waals surface area contributed by atoms with Gasteiger partial charge in [0.25, 0.3) is 11.6 Å². The summed E-state index contributed by atoms with van der Waals surface area (Å²) < 4.78 is 0. The number of nitrogens with two attached hydrogens (primary N) is 1. The number of nitrogens with zero attached hydrogens (tertiary/aromatic N) is 3. The van der Waals surface area contributed by atoms with E-state index in [0.29, 0.717) is 27.5 Å². The predicted molar refractivity (Wildman–Crippen MR) is 95.9 cm³/mol. The van der Waals surface area contributed by atoms with Crippen molar-refractivity contribution < 1.29 is 9.72 Å². The van der Waals surface area contributed by atoms with Gasteiger partial charge in [0.05, 0.1) is 16.3 Å². The lowest BCUT2D eigenvalue weighted by Gasteiger charge is -2.18. The quantitative estimate of drug-likeness (QED) is 0.507. The van der Waals surface area contributed by atoms with Gasteiger partial charge in [0, 0.05) is 41.5 Å². The number of hydrogen-bond donors (Lipinski definition) is 1. The third-order valence-electron chi connectivity index (χ3n) is 3.85. The van der Waals surface area contributed by atoms with Crippen LogP contribution in [0.2, 0.25) is 5.02 Å². The van der Waals surface area contributed by atoms with Gasteiger partial charge >= 0.3 is 0 Å². The first-order chi connectivity index (χ1) is 11.9. The Morgan fingerprint density at radius 2 is 1.96 bits per heavy atom. The Labute approximate surface area is 148 Å². The molecule has 0 radical (unpaired) electrons. The second-order valence-corrected chi connectivity index (χ2v) is 5.72. The van der Waals surface area contributed by atoms with E-state index in [-0.39, 0.29) is 11.4 Å². The van der Waals surface area contributed by atoms with Crippen LogP contribution >= 0.6 is 11.6 Å². The summed E-state index contributed by atoms with van der Waals surface area (Å²) in [7, 11) is 1.56. The molecule has 0 saturated carbocycles. The van der Waals surface area contributed by atoms with Gasteiger partial charge in [-0.05, 0) is 12.1 Å². The van der Waals surface area contributed by atoms with E-state index in [4.69, 9.17) is 17.3 Å². The van der Waals surface area contributed by atoms with E-state index in [1.54, 1.807) is 31.3 Å².